The quantitative estimate of drug-likeness (QED) is 0.937. The number of anilines is 1. The second kappa shape index (κ2) is 6.71. The Morgan fingerprint density at radius 3 is 2.64 bits per heavy atom. The van der Waals surface area contributed by atoms with Crippen molar-refractivity contribution in [1.29, 1.82) is 0 Å². The van der Waals surface area contributed by atoms with Crippen LogP contribution >= 0.6 is 0 Å². The van der Waals surface area contributed by atoms with E-state index in [1.807, 2.05) is 36.4 Å². The number of hydrogen-bond donors (Lipinski definition) is 1. The highest BCUT2D eigenvalue weighted by Crippen LogP contribution is 2.31. The molecular formula is C21H22N2O2. The maximum absolute atomic E-state index is 12.8. The average molecular weight is 334 g/mol. The fraction of sp³-hybridized carbons (Fsp3) is 0.333. The van der Waals surface area contributed by atoms with Gasteiger partial charge < -0.3 is 10.2 Å². The van der Waals surface area contributed by atoms with Crippen LogP contribution in [0.1, 0.15) is 36.4 Å². The van der Waals surface area contributed by atoms with Gasteiger partial charge in [0.15, 0.2) is 0 Å². The summed E-state index contributed by atoms with van der Waals surface area (Å²) in [6.07, 6.45) is 3.41. The molecule has 0 unspecified atom stereocenters. The number of hydrogen-bond acceptors (Lipinski definition) is 2. The lowest BCUT2D eigenvalue weighted by atomic mass is 9.87. The SMILES string of the molecule is O=C(N[C@H]1CCCc2ccccc21)[C@H]1CC(=O)N(c2ccccc2)C1. The molecule has 128 valence electrons. The predicted octanol–water partition coefficient (Wildman–Crippen LogP) is 3.23. The van der Waals surface area contributed by atoms with E-state index in [0.29, 0.717) is 6.54 Å². The first-order valence-corrected chi connectivity index (χ1v) is 8.96. The van der Waals surface area contributed by atoms with E-state index in [0.717, 1.165) is 24.9 Å². The Balaban J connectivity index is 1.45. The number of amides is 2. The van der Waals surface area contributed by atoms with Crippen LogP contribution in [0.5, 0.6) is 0 Å². The summed E-state index contributed by atoms with van der Waals surface area (Å²) in [5, 5.41) is 3.19. The van der Waals surface area contributed by atoms with Crippen molar-refractivity contribution in [2.24, 2.45) is 5.92 Å². The number of benzene rings is 2. The van der Waals surface area contributed by atoms with Crippen LogP contribution in [0.25, 0.3) is 0 Å². The number of para-hydroxylation sites is 1. The molecule has 0 saturated carbocycles. The highest BCUT2D eigenvalue weighted by atomic mass is 16.2. The van der Waals surface area contributed by atoms with Crippen LogP contribution < -0.4 is 10.2 Å². The normalized spacial score (nSPS) is 22.6. The van der Waals surface area contributed by atoms with Gasteiger partial charge in [-0.1, -0.05) is 42.5 Å². The summed E-state index contributed by atoms with van der Waals surface area (Å²) in [6.45, 7) is 0.461. The highest BCUT2D eigenvalue weighted by Gasteiger charge is 2.36. The molecule has 1 N–H and O–H groups in total. The van der Waals surface area contributed by atoms with Crippen molar-refractivity contribution in [2.75, 3.05) is 11.4 Å². The third-order valence-corrected chi connectivity index (χ3v) is 5.25. The Bertz CT molecular complexity index is 787. The number of fused-ring (bicyclic) bond motifs is 1. The van der Waals surface area contributed by atoms with Crippen LogP contribution in [0.3, 0.4) is 0 Å². The van der Waals surface area contributed by atoms with Gasteiger partial charge in [-0.3, -0.25) is 9.59 Å². The first-order chi connectivity index (χ1) is 12.2. The number of carbonyl (C=O) groups is 2. The van der Waals surface area contributed by atoms with Crippen LogP contribution in [-0.2, 0) is 16.0 Å². The summed E-state index contributed by atoms with van der Waals surface area (Å²) in [5.41, 5.74) is 3.42. The number of carbonyl (C=O) groups excluding carboxylic acids is 2. The standard InChI is InChI=1S/C21H22N2O2/c24-20-13-16(14-23(20)17-9-2-1-3-10-17)21(25)22-19-12-6-8-15-7-4-5-11-18(15)19/h1-5,7,9-11,16,19H,6,8,12-14H2,(H,22,25)/t16-,19-/m0/s1. The van der Waals surface area contributed by atoms with Gasteiger partial charge in [0.05, 0.1) is 12.0 Å². The van der Waals surface area contributed by atoms with Gasteiger partial charge in [0, 0.05) is 18.7 Å². The summed E-state index contributed by atoms with van der Waals surface area (Å²) in [6, 6.07) is 18.0. The third kappa shape index (κ3) is 3.16. The van der Waals surface area contributed by atoms with E-state index in [1.165, 1.54) is 11.1 Å². The molecule has 1 saturated heterocycles. The van der Waals surface area contributed by atoms with Crippen molar-refractivity contribution in [3.63, 3.8) is 0 Å². The van der Waals surface area contributed by atoms with Crippen LogP contribution in [0.2, 0.25) is 0 Å². The Kier molecular flexibility index (Phi) is 4.26. The lowest BCUT2D eigenvalue weighted by molar-refractivity contribution is -0.127. The predicted molar refractivity (Wildman–Crippen MR) is 97.2 cm³/mol. The first-order valence-electron chi connectivity index (χ1n) is 8.96. The molecule has 4 rings (SSSR count). The zero-order valence-electron chi connectivity index (χ0n) is 14.2. The second-order valence-electron chi connectivity index (χ2n) is 6.89. The smallest absolute Gasteiger partial charge is 0.227 e. The first kappa shape index (κ1) is 15.9. The van der Waals surface area contributed by atoms with Crippen molar-refractivity contribution >= 4 is 17.5 Å². The van der Waals surface area contributed by atoms with E-state index >= 15 is 0 Å². The molecule has 25 heavy (non-hydrogen) atoms. The molecule has 0 bridgehead atoms. The Morgan fingerprint density at radius 1 is 1.04 bits per heavy atom. The van der Waals surface area contributed by atoms with Crippen molar-refractivity contribution in [3.8, 4) is 0 Å². The minimum Gasteiger partial charge on any atom is -0.349 e. The fourth-order valence-electron chi connectivity index (χ4n) is 3.93. The minimum absolute atomic E-state index is 0.00603. The molecule has 4 nitrogen and oxygen atoms in total. The van der Waals surface area contributed by atoms with Crippen LogP contribution in [0.15, 0.2) is 54.6 Å². The summed E-state index contributed by atoms with van der Waals surface area (Å²) in [5.74, 6) is -0.259. The molecule has 2 aromatic rings. The number of rotatable bonds is 3. The summed E-state index contributed by atoms with van der Waals surface area (Å²) in [4.78, 5) is 26.8. The maximum Gasteiger partial charge on any atom is 0.227 e. The van der Waals surface area contributed by atoms with E-state index in [9.17, 15) is 9.59 Å². The lowest BCUT2D eigenvalue weighted by Gasteiger charge is -2.27. The van der Waals surface area contributed by atoms with Gasteiger partial charge in [-0.15, -0.1) is 0 Å². The van der Waals surface area contributed by atoms with Gasteiger partial charge in [0.25, 0.3) is 0 Å². The van der Waals surface area contributed by atoms with Crippen LogP contribution in [-0.4, -0.2) is 18.4 Å². The number of aryl methyl sites for hydroxylation is 1. The summed E-state index contributed by atoms with van der Waals surface area (Å²) >= 11 is 0. The van der Waals surface area contributed by atoms with E-state index in [-0.39, 0.29) is 30.2 Å². The van der Waals surface area contributed by atoms with Crippen molar-refractivity contribution in [3.05, 3.63) is 65.7 Å². The average Bonchev–Trinajstić information content (AvgIpc) is 3.05. The monoisotopic (exact) mass is 334 g/mol. The molecule has 1 heterocycles. The van der Waals surface area contributed by atoms with E-state index in [1.54, 1.807) is 4.90 Å². The Hall–Kier alpha value is -2.62. The van der Waals surface area contributed by atoms with Gasteiger partial charge >= 0.3 is 0 Å². The maximum atomic E-state index is 12.8. The van der Waals surface area contributed by atoms with Crippen molar-refractivity contribution < 1.29 is 9.59 Å². The molecule has 2 amide bonds. The zero-order chi connectivity index (χ0) is 17.2. The molecule has 0 spiro atoms. The molecular weight excluding hydrogens is 312 g/mol. The molecule has 1 aliphatic carbocycles. The zero-order valence-corrected chi connectivity index (χ0v) is 14.2. The van der Waals surface area contributed by atoms with Crippen LogP contribution in [0, 0.1) is 5.92 Å². The minimum atomic E-state index is -0.276. The Labute approximate surface area is 147 Å². The molecule has 0 radical (unpaired) electrons. The molecule has 4 heteroatoms. The van der Waals surface area contributed by atoms with Gasteiger partial charge in [-0.25, -0.2) is 0 Å². The molecule has 1 fully saturated rings. The highest BCUT2D eigenvalue weighted by molar-refractivity contribution is 6.00. The third-order valence-electron chi connectivity index (χ3n) is 5.25. The fourth-order valence-corrected chi connectivity index (χ4v) is 3.93. The lowest BCUT2D eigenvalue weighted by Crippen LogP contribution is -2.36. The largest absolute Gasteiger partial charge is 0.349 e. The summed E-state index contributed by atoms with van der Waals surface area (Å²) < 4.78 is 0. The van der Waals surface area contributed by atoms with Gasteiger partial charge in [0.2, 0.25) is 11.8 Å². The van der Waals surface area contributed by atoms with Gasteiger partial charge in [-0.2, -0.15) is 0 Å². The van der Waals surface area contributed by atoms with Gasteiger partial charge in [-0.05, 0) is 42.5 Å². The number of nitrogens with zero attached hydrogens (tertiary/aromatic N) is 1. The van der Waals surface area contributed by atoms with E-state index in [4.69, 9.17) is 0 Å². The molecule has 1 aliphatic heterocycles. The topological polar surface area (TPSA) is 49.4 Å². The molecule has 2 aliphatic rings. The van der Waals surface area contributed by atoms with Crippen molar-refractivity contribution in [2.45, 2.75) is 31.7 Å². The molecule has 0 aromatic heterocycles. The second-order valence-corrected chi connectivity index (χ2v) is 6.89. The Morgan fingerprint density at radius 2 is 1.80 bits per heavy atom. The van der Waals surface area contributed by atoms with Gasteiger partial charge in [0.1, 0.15) is 0 Å². The molecule has 2 atom stereocenters. The van der Waals surface area contributed by atoms with E-state index < -0.39 is 0 Å². The number of nitrogens with one attached hydrogen (secondary N) is 1. The van der Waals surface area contributed by atoms with E-state index in [2.05, 4.69) is 23.5 Å². The van der Waals surface area contributed by atoms with Crippen LogP contribution in [0.4, 0.5) is 5.69 Å². The molecule has 2 aromatic carbocycles. The summed E-state index contributed by atoms with van der Waals surface area (Å²) in [7, 11) is 0. The van der Waals surface area contributed by atoms with Crippen molar-refractivity contribution in [1.82, 2.24) is 5.32 Å².